The third kappa shape index (κ3) is 6.29. The van der Waals surface area contributed by atoms with Crippen LogP contribution in [0.25, 0.3) is 0 Å². The van der Waals surface area contributed by atoms with Crippen LogP contribution in [-0.4, -0.2) is 55.2 Å². The molecule has 1 aromatic carbocycles. The van der Waals surface area contributed by atoms with Crippen LogP contribution >= 0.6 is 0 Å². The molecular weight excluding hydrogens is 330 g/mol. The number of phenols is 1. The van der Waals surface area contributed by atoms with Crippen molar-refractivity contribution in [2.75, 3.05) is 39.5 Å². The lowest BCUT2D eigenvalue weighted by atomic mass is 10.0. The van der Waals surface area contributed by atoms with E-state index in [1.165, 1.54) is 19.8 Å². The zero-order valence-corrected chi connectivity index (χ0v) is 16.3. The van der Waals surface area contributed by atoms with Crippen LogP contribution in [0.2, 0.25) is 0 Å². The van der Waals surface area contributed by atoms with Gasteiger partial charge >= 0.3 is 0 Å². The quantitative estimate of drug-likeness (QED) is 0.478. The minimum Gasteiger partial charge on any atom is -0.507 e. The summed E-state index contributed by atoms with van der Waals surface area (Å²) >= 11 is 0. The molecule has 5 heteroatoms. The van der Waals surface area contributed by atoms with E-state index in [0.717, 1.165) is 57.7 Å². The molecule has 0 saturated carbocycles. The Balaban J connectivity index is 1.71. The highest BCUT2D eigenvalue weighted by Crippen LogP contribution is 2.33. The monoisotopic (exact) mass is 363 g/mol. The SMILES string of the molecule is CCCc1c(OCCCCCCN2CCOCC2)ccc(C(C)=O)c1O. The van der Waals surface area contributed by atoms with Gasteiger partial charge in [-0.05, 0) is 44.9 Å². The number of hydrogen-bond donors (Lipinski definition) is 1. The Labute approximate surface area is 157 Å². The zero-order chi connectivity index (χ0) is 18.8. The average Bonchev–Trinajstić information content (AvgIpc) is 2.64. The fourth-order valence-electron chi connectivity index (χ4n) is 3.33. The smallest absolute Gasteiger partial charge is 0.163 e. The summed E-state index contributed by atoms with van der Waals surface area (Å²) < 4.78 is 11.3. The first-order chi connectivity index (χ1) is 12.6. The second-order valence-corrected chi connectivity index (χ2v) is 6.96. The summed E-state index contributed by atoms with van der Waals surface area (Å²) in [4.78, 5) is 14.1. The maximum absolute atomic E-state index is 11.6. The third-order valence-electron chi connectivity index (χ3n) is 4.85. The molecule has 1 aromatic rings. The van der Waals surface area contributed by atoms with Crippen molar-refractivity contribution in [1.29, 1.82) is 0 Å². The highest BCUT2D eigenvalue weighted by Gasteiger charge is 2.15. The predicted octanol–water partition coefficient (Wildman–Crippen LogP) is 3.82. The molecule has 5 nitrogen and oxygen atoms in total. The molecule has 26 heavy (non-hydrogen) atoms. The number of phenolic OH excluding ortho intramolecular Hbond substituents is 1. The van der Waals surface area contributed by atoms with Crippen molar-refractivity contribution in [2.24, 2.45) is 0 Å². The number of Topliss-reactive ketones (excluding diaryl/α,β-unsaturated/α-hetero) is 1. The summed E-state index contributed by atoms with van der Waals surface area (Å²) in [7, 11) is 0. The van der Waals surface area contributed by atoms with Crippen molar-refractivity contribution in [3.05, 3.63) is 23.3 Å². The summed E-state index contributed by atoms with van der Waals surface area (Å²) in [6.45, 7) is 9.18. The van der Waals surface area contributed by atoms with Gasteiger partial charge < -0.3 is 14.6 Å². The van der Waals surface area contributed by atoms with E-state index in [0.29, 0.717) is 24.3 Å². The summed E-state index contributed by atoms with van der Waals surface area (Å²) in [6, 6.07) is 3.48. The number of ether oxygens (including phenoxy) is 2. The molecule has 0 aromatic heterocycles. The number of unbranched alkanes of at least 4 members (excludes halogenated alkanes) is 3. The molecule has 0 aliphatic carbocycles. The minimum atomic E-state index is -0.119. The largest absolute Gasteiger partial charge is 0.507 e. The Hall–Kier alpha value is -1.59. The van der Waals surface area contributed by atoms with Crippen LogP contribution in [0.3, 0.4) is 0 Å². The van der Waals surface area contributed by atoms with E-state index in [-0.39, 0.29) is 11.5 Å². The van der Waals surface area contributed by atoms with E-state index >= 15 is 0 Å². The molecule has 1 N–H and O–H groups in total. The van der Waals surface area contributed by atoms with Crippen LogP contribution in [0.15, 0.2) is 12.1 Å². The molecule has 1 saturated heterocycles. The Bertz CT molecular complexity index is 567. The molecule has 0 atom stereocenters. The average molecular weight is 363 g/mol. The number of ketones is 1. The molecule has 0 spiro atoms. The summed E-state index contributed by atoms with van der Waals surface area (Å²) in [5, 5.41) is 10.4. The Morgan fingerprint density at radius 3 is 2.62 bits per heavy atom. The predicted molar refractivity (Wildman–Crippen MR) is 103 cm³/mol. The van der Waals surface area contributed by atoms with Gasteiger partial charge in [-0.15, -0.1) is 0 Å². The van der Waals surface area contributed by atoms with E-state index < -0.39 is 0 Å². The standard InChI is InChI=1S/C21H33NO4/c1-3-8-19-20(10-9-18(17(2)23)21(19)24)26-14-7-5-4-6-11-22-12-15-25-16-13-22/h9-10,24H,3-8,11-16H2,1-2H3. The number of hydrogen-bond acceptors (Lipinski definition) is 5. The number of carbonyl (C=O) groups excluding carboxylic acids is 1. The molecule has 1 aliphatic heterocycles. The molecule has 0 bridgehead atoms. The highest BCUT2D eigenvalue weighted by atomic mass is 16.5. The number of nitrogens with zero attached hydrogens (tertiary/aromatic N) is 1. The number of morpholine rings is 1. The molecule has 0 radical (unpaired) electrons. The molecule has 146 valence electrons. The Morgan fingerprint density at radius 2 is 1.92 bits per heavy atom. The minimum absolute atomic E-state index is 0.0855. The normalized spacial score (nSPS) is 15.2. The van der Waals surface area contributed by atoms with E-state index in [1.807, 2.05) is 6.07 Å². The fraction of sp³-hybridized carbons (Fsp3) is 0.667. The summed E-state index contributed by atoms with van der Waals surface area (Å²) in [6.07, 6.45) is 6.18. The first-order valence-corrected chi connectivity index (χ1v) is 9.92. The first kappa shape index (κ1) is 20.7. The topological polar surface area (TPSA) is 59.0 Å². The van der Waals surface area contributed by atoms with Crippen LogP contribution < -0.4 is 4.74 Å². The maximum Gasteiger partial charge on any atom is 0.163 e. The lowest BCUT2D eigenvalue weighted by molar-refractivity contribution is 0.0371. The van der Waals surface area contributed by atoms with Gasteiger partial charge in [-0.25, -0.2) is 0 Å². The first-order valence-electron chi connectivity index (χ1n) is 9.92. The highest BCUT2D eigenvalue weighted by molar-refractivity contribution is 5.97. The molecule has 1 fully saturated rings. The molecule has 1 heterocycles. The van der Waals surface area contributed by atoms with E-state index in [2.05, 4.69) is 11.8 Å². The lowest BCUT2D eigenvalue weighted by Gasteiger charge is -2.26. The number of rotatable bonds is 11. The van der Waals surface area contributed by atoms with Crippen LogP contribution in [0.5, 0.6) is 11.5 Å². The fourth-order valence-corrected chi connectivity index (χ4v) is 3.33. The van der Waals surface area contributed by atoms with Crippen LogP contribution in [0, 0.1) is 0 Å². The third-order valence-corrected chi connectivity index (χ3v) is 4.85. The lowest BCUT2D eigenvalue weighted by Crippen LogP contribution is -2.36. The van der Waals surface area contributed by atoms with Gasteiger partial charge in [0.15, 0.2) is 5.78 Å². The van der Waals surface area contributed by atoms with Gasteiger partial charge in [0.05, 0.1) is 25.4 Å². The van der Waals surface area contributed by atoms with Crippen molar-refractivity contribution in [3.8, 4) is 11.5 Å². The Morgan fingerprint density at radius 1 is 1.19 bits per heavy atom. The van der Waals surface area contributed by atoms with Crippen molar-refractivity contribution in [1.82, 2.24) is 4.90 Å². The molecule has 0 unspecified atom stereocenters. The van der Waals surface area contributed by atoms with Gasteiger partial charge in [0.1, 0.15) is 11.5 Å². The number of benzene rings is 1. The van der Waals surface area contributed by atoms with Crippen molar-refractivity contribution in [2.45, 2.75) is 52.4 Å². The summed E-state index contributed by atoms with van der Waals surface area (Å²) in [5.74, 6) is 0.677. The van der Waals surface area contributed by atoms with Gasteiger partial charge in [-0.1, -0.05) is 26.2 Å². The second kappa shape index (κ2) is 11.2. The molecule has 2 rings (SSSR count). The van der Waals surface area contributed by atoms with Crippen LogP contribution in [-0.2, 0) is 11.2 Å². The van der Waals surface area contributed by atoms with Crippen LogP contribution in [0.1, 0.15) is 61.9 Å². The van der Waals surface area contributed by atoms with E-state index in [1.54, 1.807) is 6.07 Å². The van der Waals surface area contributed by atoms with Gasteiger partial charge in [-0.3, -0.25) is 9.69 Å². The van der Waals surface area contributed by atoms with Crippen LogP contribution in [0.4, 0.5) is 0 Å². The summed E-state index contributed by atoms with van der Waals surface area (Å²) in [5.41, 5.74) is 1.14. The number of carbonyl (C=O) groups is 1. The van der Waals surface area contributed by atoms with Gasteiger partial charge in [-0.2, -0.15) is 0 Å². The van der Waals surface area contributed by atoms with E-state index in [9.17, 15) is 9.90 Å². The van der Waals surface area contributed by atoms with Gasteiger partial charge in [0.2, 0.25) is 0 Å². The van der Waals surface area contributed by atoms with E-state index in [4.69, 9.17) is 9.47 Å². The number of aromatic hydroxyl groups is 1. The van der Waals surface area contributed by atoms with Crippen molar-refractivity contribution >= 4 is 5.78 Å². The molecule has 1 aliphatic rings. The Kier molecular flexibility index (Phi) is 8.92. The van der Waals surface area contributed by atoms with Gasteiger partial charge in [0, 0.05) is 18.7 Å². The van der Waals surface area contributed by atoms with Crippen molar-refractivity contribution in [3.63, 3.8) is 0 Å². The van der Waals surface area contributed by atoms with Crippen molar-refractivity contribution < 1.29 is 19.4 Å². The second-order valence-electron chi connectivity index (χ2n) is 6.96. The molecular formula is C21H33NO4. The zero-order valence-electron chi connectivity index (χ0n) is 16.3. The molecule has 0 amide bonds. The maximum atomic E-state index is 11.6. The van der Waals surface area contributed by atoms with Gasteiger partial charge in [0.25, 0.3) is 0 Å².